The van der Waals surface area contributed by atoms with E-state index in [-0.39, 0.29) is 22.8 Å². The van der Waals surface area contributed by atoms with Crippen LogP contribution in [-0.2, 0) is 14.6 Å². The highest BCUT2D eigenvalue weighted by Crippen LogP contribution is 2.29. The minimum absolute atomic E-state index is 0.0395. The molecule has 11 heteroatoms. The third-order valence-corrected chi connectivity index (χ3v) is 6.03. The lowest BCUT2D eigenvalue weighted by Gasteiger charge is -2.33. The number of ether oxygens (including phenoxy) is 2. The number of carbonyl (C=O) groups excluding carboxylic acids is 1. The van der Waals surface area contributed by atoms with Gasteiger partial charge < -0.3 is 9.47 Å². The average molecular weight is 461 g/mol. The molecule has 1 amide bonds. The Kier molecular flexibility index (Phi) is 7.22. The number of nitrogens with zero attached hydrogens (tertiary/aromatic N) is 1. The van der Waals surface area contributed by atoms with E-state index in [2.05, 4.69) is 4.74 Å². The van der Waals surface area contributed by atoms with Crippen molar-refractivity contribution in [3.63, 3.8) is 0 Å². The lowest BCUT2D eigenvalue weighted by molar-refractivity contribution is -0.274. The van der Waals surface area contributed by atoms with Crippen LogP contribution in [0, 0.1) is 5.41 Å². The van der Waals surface area contributed by atoms with Gasteiger partial charge in [-0.1, -0.05) is 20.8 Å². The zero-order chi connectivity index (χ0) is 23.4. The number of carbonyl (C=O) groups is 1. The molecular weight excluding hydrogens is 439 g/mol. The molecule has 0 aromatic heterocycles. The third-order valence-electron chi connectivity index (χ3n) is 4.28. The molecular formula is C20H22F3NO6S. The molecule has 0 saturated heterocycles. The van der Waals surface area contributed by atoms with Crippen LogP contribution in [0.3, 0.4) is 0 Å². The Morgan fingerprint density at radius 3 is 1.84 bits per heavy atom. The molecule has 2 aromatic carbocycles. The van der Waals surface area contributed by atoms with Crippen molar-refractivity contribution >= 4 is 16.2 Å². The van der Waals surface area contributed by atoms with E-state index in [1.54, 1.807) is 20.8 Å². The van der Waals surface area contributed by atoms with E-state index >= 15 is 0 Å². The SMILES string of the molecule is CC(C)(C)C(CS(=O)(=O)c1ccc(Oc2ccc(OC(F)(F)F)cc2)cc1)N(O)C=O. The Balaban J connectivity index is 2.12. The predicted molar refractivity (Wildman–Crippen MR) is 105 cm³/mol. The standard InChI is InChI=1S/C20H22F3NO6S/c1-19(2,3)18(24(26)13-25)12-31(27,28)17-10-8-15(9-11-17)29-14-4-6-16(7-5-14)30-20(21,22)23/h4-11,13,18,26H,12H2,1-3H3. The van der Waals surface area contributed by atoms with Crippen LogP contribution in [0.25, 0.3) is 0 Å². The molecule has 7 nitrogen and oxygen atoms in total. The molecule has 0 bridgehead atoms. The highest BCUT2D eigenvalue weighted by atomic mass is 32.2. The molecule has 0 aliphatic carbocycles. The molecule has 0 aliphatic heterocycles. The molecule has 1 unspecified atom stereocenters. The van der Waals surface area contributed by atoms with Crippen LogP contribution in [-0.4, -0.2) is 43.3 Å². The maximum Gasteiger partial charge on any atom is 0.573 e. The first-order valence-electron chi connectivity index (χ1n) is 9.00. The van der Waals surface area contributed by atoms with Gasteiger partial charge in [-0.2, -0.15) is 0 Å². The molecule has 0 aliphatic rings. The average Bonchev–Trinajstić information content (AvgIpc) is 2.65. The molecule has 0 spiro atoms. The zero-order valence-corrected chi connectivity index (χ0v) is 17.8. The summed E-state index contributed by atoms with van der Waals surface area (Å²) in [5.41, 5.74) is -0.701. The minimum Gasteiger partial charge on any atom is -0.457 e. The van der Waals surface area contributed by atoms with E-state index in [0.717, 1.165) is 12.1 Å². The van der Waals surface area contributed by atoms with Gasteiger partial charge in [0.2, 0.25) is 6.41 Å². The van der Waals surface area contributed by atoms with Crippen molar-refractivity contribution in [3.8, 4) is 17.2 Å². The number of rotatable bonds is 8. The lowest BCUT2D eigenvalue weighted by atomic mass is 9.88. The van der Waals surface area contributed by atoms with Gasteiger partial charge >= 0.3 is 6.36 Å². The first-order valence-corrected chi connectivity index (χ1v) is 10.7. The molecule has 2 rings (SSSR count). The van der Waals surface area contributed by atoms with Gasteiger partial charge in [0.1, 0.15) is 17.2 Å². The Morgan fingerprint density at radius 1 is 0.968 bits per heavy atom. The highest BCUT2D eigenvalue weighted by Gasteiger charge is 2.34. The minimum atomic E-state index is -4.80. The molecule has 2 aromatic rings. The summed E-state index contributed by atoms with van der Waals surface area (Å²) in [7, 11) is -3.85. The van der Waals surface area contributed by atoms with E-state index < -0.39 is 39.2 Å². The van der Waals surface area contributed by atoms with Crippen molar-refractivity contribution in [2.75, 3.05) is 5.75 Å². The molecule has 1 atom stereocenters. The first-order chi connectivity index (χ1) is 14.2. The first kappa shape index (κ1) is 24.5. The third kappa shape index (κ3) is 7.14. The molecule has 31 heavy (non-hydrogen) atoms. The highest BCUT2D eigenvalue weighted by molar-refractivity contribution is 7.91. The van der Waals surface area contributed by atoms with E-state index in [1.165, 1.54) is 36.4 Å². The van der Waals surface area contributed by atoms with Crippen LogP contribution in [0.2, 0.25) is 0 Å². The molecule has 0 saturated carbocycles. The number of sulfone groups is 1. The Bertz CT molecular complexity index is 984. The Morgan fingerprint density at radius 2 is 1.42 bits per heavy atom. The Hall–Kier alpha value is -2.79. The van der Waals surface area contributed by atoms with Crippen molar-refractivity contribution in [3.05, 3.63) is 48.5 Å². The van der Waals surface area contributed by atoms with Crippen LogP contribution in [0.4, 0.5) is 13.2 Å². The van der Waals surface area contributed by atoms with Crippen molar-refractivity contribution in [2.24, 2.45) is 5.41 Å². The summed E-state index contributed by atoms with van der Waals surface area (Å²) in [4.78, 5) is 10.9. The van der Waals surface area contributed by atoms with Crippen molar-refractivity contribution in [2.45, 2.75) is 38.1 Å². The molecule has 1 N–H and O–H groups in total. The maximum atomic E-state index is 12.7. The lowest BCUT2D eigenvalue weighted by Crippen LogP contribution is -2.46. The van der Waals surface area contributed by atoms with E-state index in [9.17, 15) is 31.6 Å². The van der Waals surface area contributed by atoms with Gasteiger partial charge in [0, 0.05) is 0 Å². The predicted octanol–water partition coefficient (Wildman–Crippen LogP) is 4.41. The normalized spacial score (nSPS) is 13.4. The number of hydrogen-bond donors (Lipinski definition) is 1. The second kappa shape index (κ2) is 9.15. The van der Waals surface area contributed by atoms with Gasteiger partial charge in [-0.3, -0.25) is 10.0 Å². The van der Waals surface area contributed by atoms with Gasteiger partial charge in [-0.05, 0) is 53.9 Å². The number of hydroxylamine groups is 2. The van der Waals surface area contributed by atoms with Gasteiger partial charge in [0.15, 0.2) is 9.84 Å². The van der Waals surface area contributed by atoms with Crippen molar-refractivity contribution in [1.29, 1.82) is 0 Å². The molecule has 0 radical (unpaired) electrons. The van der Waals surface area contributed by atoms with Gasteiger partial charge in [0.25, 0.3) is 0 Å². The topological polar surface area (TPSA) is 93.1 Å². The monoisotopic (exact) mass is 461 g/mol. The number of halogens is 3. The maximum absolute atomic E-state index is 12.7. The fourth-order valence-corrected chi connectivity index (χ4v) is 4.47. The van der Waals surface area contributed by atoms with E-state index in [1.807, 2.05) is 0 Å². The summed E-state index contributed by atoms with van der Waals surface area (Å²) in [5, 5.41) is 10.1. The number of benzene rings is 2. The smallest absolute Gasteiger partial charge is 0.457 e. The number of hydrogen-bond acceptors (Lipinski definition) is 6. The van der Waals surface area contributed by atoms with Crippen molar-refractivity contribution in [1.82, 2.24) is 5.06 Å². The summed E-state index contributed by atoms with van der Waals surface area (Å²) in [5.74, 6) is -0.414. The second-order valence-electron chi connectivity index (χ2n) is 7.74. The Labute approximate surface area is 177 Å². The zero-order valence-electron chi connectivity index (χ0n) is 17.0. The van der Waals surface area contributed by atoms with E-state index in [4.69, 9.17) is 4.74 Å². The van der Waals surface area contributed by atoms with Gasteiger partial charge in [-0.15, -0.1) is 13.2 Å². The van der Waals surface area contributed by atoms with Crippen LogP contribution in [0.5, 0.6) is 17.2 Å². The fraction of sp³-hybridized carbons (Fsp3) is 0.350. The largest absolute Gasteiger partial charge is 0.573 e. The summed E-state index contributed by atoms with van der Waals surface area (Å²) in [6.45, 7) is 5.09. The molecule has 0 fully saturated rings. The fourth-order valence-electron chi connectivity index (χ4n) is 2.66. The summed E-state index contributed by atoms with van der Waals surface area (Å²) >= 11 is 0. The van der Waals surface area contributed by atoms with Gasteiger partial charge in [-0.25, -0.2) is 13.5 Å². The van der Waals surface area contributed by atoms with Crippen LogP contribution < -0.4 is 9.47 Å². The summed E-state index contributed by atoms with van der Waals surface area (Å²) in [6.07, 6.45) is -4.64. The summed E-state index contributed by atoms with van der Waals surface area (Å²) in [6, 6.07) is 9.12. The quantitative estimate of drug-likeness (QED) is 0.356. The second-order valence-corrected chi connectivity index (χ2v) is 9.78. The van der Waals surface area contributed by atoms with E-state index in [0.29, 0.717) is 5.06 Å². The van der Waals surface area contributed by atoms with Crippen molar-refractivity contribution < 1.29 is 41.1 Å². The molecule has 170 valence electrons. The van der Waals surface area contributed by atoms with Crippen LogP contribution in [0.15, 0.2) is 53.4 Å². The number of alkyl halides is 3. The molecule has 0 heterocycles. The number of amides is 1. The summed E-state index contributed by atoms with van der Waals surface area (Å²) < 4.78 is 71.3. The van der Waals surface area contributed by atoms with Crippen LogP contribution in [0.1, 0.15) is 20.8 Å². The van der Waals surface area contributed by atoms with Gasteiger partial charge in [0.05, 0.1) is 16.7 Å². The van der Waals surface area contributed by atoms with Crippen LogP contribution >= 0.6 is 0 Å².